The van der Waals surface area contributed by atoms with Crippen LogP contribution in [0.1, 0.15) is 64.4 Å². The van der Waals surface area contributed by atoms with Crippen molar-refractivity contribution in [3.63, 3.8) is 0 Å². The first kappa shape index (κ1) is 20.8. The average molecular weight is 457 g/mol. The lowest BCUT2D eigenvalue weighted by molar-refractivity contribution is 0.0684. The average Bonchev–Trinajstić information content (AvgIpc) is 3.43. The van der Waals surface area contributed by atoms with Crippen LogP contribution in [0, 0.1) is 6.54 Å². The minimum absolute atomic E-state index is 0.0155. The number of anilines is 1. The van der Waals surface area contributed by atoms with Crippen molar-refractivity contribution < 1.29 is 9.59 Å². The molecule has 9 heteroatoms. The first-order chi connectivity index (χ1) is 16.4. The van der Waals surface area contributed by atoms with Gasteiger partial charge in [-0.05, 0) is 37.1 Å². The van der Waals surface area contributed by atoms with Crippen LogP contribution in [0.15, 0.2) is 42.9 Å². The molecule has 1 saturated heterocycles. The van der Waals surface area contributed by atoms with Crippen LogP contribution in [0.4, 0.5) is 5.82 Å². The summed E-state index contributed by atoms with van der Waals surface area (Å²) in [6.45, 7) is 8.10. The molecule has 1 radical (unpaired) electrons. The van der Waals surface area contributed by atoms with E-state index in [2.05, 4.69) is 44.2 Å². The molecule has 2 amide bonds. The molecule has 3 aliphatic rings. The lowest BCUT2D eigenvalue weighted by Gasteiger charge is -2.39. The molecule has 9 nitrogen and oxygen atoms in total. The van der Waals surface area contributed by atoms with Crippen LogP contribution in [0.5, 0.6) is 0 Å². The number of carbonyl (C=O) groups is 2. The molecule has 1 spiro atoms. The molecule has 0 bridgehead atoms. The van der Waals surface area contributed by atoms with Crippen LogP contribution in [0.25, 0.3) is 0 Å². The van der Waals surface area contributed by atoms with Crippen LogP contribution >= 0.6 is 0 Å². The molecule has 1 atom stereocenters. The molecular weight excluding hydrogens is 430 g/mol. The maximum absolute atomic E-state index is 13.4. The molecule has 3 aliphatic heterocycles. The number of carbonyl (C=O) groups excluding carboxylic acids is 2. The number of aromatic nitrogens is 4. The number of H-pyrrole nitrogens is 1. The normalized spacial score (nSPS) is 20.1. The first-order valence-electron chi connectivity index (χ1n) is 11.5. The standard InChI is InChI=1S/C25H26N7O2/c1-24(2)15-32(14-17-13-28-30-20(17)24)23(34)16-5-9-26-19(12-16)31-10-6-25(7-11-31)21-18(22(33)29-25)4-3-8-27-21/h3-5,8-10,12-13H,6-7,11,14-15H2,1-2H3,(H,28,30)(H,29,33). The summed E-state index contributed by atoms with van der Waals surface area (Å²) in [4.78, 5) is 38.8. The Balaban J connectivity index is 1.20. The SMILES string of the molecule is CC1(C)CN(C(=O)c2ccnc(N3[CH]CC4(CC3)NC(=O)c3cccnc34)c2)Cc2cn[nH]c21. The molecule has 0 aliphatic carbocycles. The maximum atomic E-state index is 13.4. The summed E-state index contributed by atoms with van der Waals surface area (Å²) in [6, 6.07) is 7.24. The summed E-state index contributed by atoms with van der Waals surface area (Å²) in [5.41, 5.74) is 3.57. The van der Waals surface area contributed by atoms with Crippen molar-refractivity contribution in [1.29, 1.82) is 0 Å². The van der Waals surface area contributed by atoms with Gasteiger partial charge in [0.15, 0.2) is 0 Å². The third-order valence-electron chi connectivity index (χ3n) is 7.21. The quantitative estimate of drug-likeness (QED) is 0.614. The second-order valence-corrected chi connectivity index (χ2v) is 9.98. The molecule has 1 fully saturated rings. The monoisotopic (exact) mass is 456 g/mol. The van der Waals surface area contributed by atoms with Gasteiger partial charge in [0.05, 0.1) is 29.5 Å². The topological polar surface area (TPSA) is 107 Å². The van der Waals surface area contributed by atoms with Gasteiger partial charge in [0, 0.05) is 54.3 Å². The van der Waals surface area contributed by atoms with E-state index in [0.717, 1.165) is 22.8 Å². The molecule has 0 aromatic carbocycles. The molecular formula is C25H26N7O2. The molecule has 173 valence electrons. The van der Waals surface area contributed by atoms with Gasteiger partial charge in [0.2, 0.25) is 0 Å². The predicted molar refractivity (Wildman–Crippen MR) is 125 cm³/mol. The van der Waals surface area contributed by atoms with Gasteiger partial charge in [-0.15, -0.1) is 0 Å². The number of nitrogens with one attached hydrogen (secondary N) is 2. The zero-order chi connectivity index (χ0) is 23.5. The number of aromatic amines is 1. The van der Waals surface area contributed by atoms with E-state index in [1.807, 2.05) is 29.8 Å². The van der Waals surface area contributed by atoms with Crippen molar-refractivity contribution in [1.82, 2.24) is 30.4 Å². The molecule has 2 N–H and O–H groups in total. The van der Waals surface area contributed by atoms with Crippen molar-refractivity contribution in [2.24, 2.45) is 0 Å². The van der Waals surface area contributed by atoms with Crippen LogP contribution < -0.4 is 10.2 Å². The van der Waals surface area contributed by atoms with E-state index in [1.54, 1.807) is 24.5 Å². The fraction of sp³-hybridized carbons (Fsp3) is 0.360. The smallest absolute Gasteiger partial charge is 0.254 e. The van der Waals surface area contributed by atoms with E-state index in [-0.39, 0.29) is 17.2 Å². The van der Waals surface area contributed by atoms with Crippen molar-refractivity contribution in [2.45, 2.75) is 44.2 Å². The van der Waals surface area contributed by atoms with Gasteiger partial charge in [0.1, 0.15) is 5.82 Å². The highest BCUT2D eigenvalue weighted by molar-refractivity contribution is 5.99. The number of nitrogens with zero attached hydrogens (tertiary/aromatic N) is 5. The minimum atomic E-state index is -0.473. The second-order valence-electron chi connectivity index (χ2n) is 9.98. The molecule has 34 heavy (non-hydrogen) atoms. The summed E-state index contributed by atoms with van der Waals surface area (Å²) in [6.07, 6.45) is 6.56. The van der Waals surface area contributed by atoms with E-state index < -0.39 is 5.54 Å². The number of pyridine rings is 2. The number of hydrogen-bond acceptors (Lipinski definition) is 6. The Labute approximate surface area is 197 Å². The number of fused-ring (bicyclic) bond motifs is 3. The fourth-order valence-corrected chi connectivity index (χ4v) is 5.49. The van der Waals surface area contributed by atoms with Crippen LogP contribution in [-0.2, 0) is 17.5 Å². The zero-order valence-electron chi connectivity index (χ0n) is 19.2. The van der Waals surface area contributed by atoms with Gasteiger partial charge in [-0.1, -0.05) is 13.8 Å². The highest BCUT2D eigenvalue weighted by Gasteiger charge is 2.46. The van der Waals surface area contributed by atoms with Gasteiger partial charge in [-0.3, -0.25) is 19.7 Å². The Morgan fingerprint density at radius 2 is 2.06 bits per heavy atom. The molecule has 6 rings (SSSR count). The second kappa shape index (κ2) is 7.38. The first-order valence-corrected chi connectivity index (χ1v) is 11.5. The van der Waals surface area contributed by atoms with Gasteiger partial charge < -0.3 is 15.1 Å². The van der Waals surface area contributed by atoms with E-state index in [9.17, 15) is 9.59 Å². The predicted octanol–water partition coefficient (Wildman–Crippen LogP) is 2.53. The van der Waals surface area contributed by atoms with E-state index >= 15 is 0 Å². The third-order valence-corrected chi connectivity index (χ3v) is 7.21. The maximum Gasteiger partial charge on any atom is 0.254 e. The number of hydrogen-bond donors (Lipinski definition) is 2. The molecule has 6 heterocycles. The van der Waals surface area contributed by atoms with Crippen molar-refractivity contribution in [3.8, 4) is 0 Å². The number of rotatable bonds is 2. The lowest BCUT2D eigenvalue weighted by Crippen LogP contribution is -2.48. The molecule has 1 unspecified atom stereocenters. The summed E-state index contributed by atoms with van der Waals surface area (Å²) in [5.74, 6) is 0.644. The highest BCUT2D eigenvalue weighted by atomic mass is 16.2. The summed E-state index contributed by atoms with van der Waals surface area (Å²) in [5, 5.41) is 10.4. The Morgan fingerprint density at radius 1 is 1.18 bits per heavy atom. The minimum Gasteiger partial charge on any atom is -0.351 e. The fourth-order valence-electron chi connectivity index (χ4n) is 5.49. The van der Waals surface area contributed by atoms with Gasteiger partial charge in [-0.25, -0.2) is 4.98 Å². The zero-order valence-corrected chi connectivity index (χ0v) is 19.2. The Morgan fingerprint density at radius 3 is 2.88 bits per heavy atom. The summed E-state index contributed by atoms with van der Waals surface area (Å²) < 4.78 is 0. The largest absolute Gasteiger partial charge is 0.351 e. The highest BCUT2D eigenvalue weighted by Crippen LogP contribution is 2.40. The Bertz CT molecular complexity index is 1290. The van der Waals surface area contributed by atoms with E-state index in [0.29, 0.717) is 43.6 Å². The van der Waals surface area contributed by atoms with Crippen LogP contribution in [-0.4, -0.2) is 50.0 Å². The Kier molecular flexibility index (Phi) is 4.52. The molecule has 3 aromatic heterocycles. The third kappa shape index (κ3) is 3.18. The summed E-state index contributed by atoms with van der Waals surface area (Å²) in [7, 11) is 0. The molecule has 0 saturated carbocycles. The van der Waals surface area contributed by atoms with Crippen molar-refractivity contribution in [2.75, 3.05) is 18.0 Å². The van der Waals surface area contributed by atoms with Crippen molar-refractivity contribution >= 4 is 17.6 Å². The Hall–Kier alpha value is -3.75. The number of piperidine rings is 1. The van der Waals surface area contributed by atoms with Gasteiger partial charge in [-0.2, -0.15) is 5.10 Å². The van der Waals surface area contributed by atoms with Crippen LogP contribution in [0.3, 0.4) is 0 Å². The van der Waals surface area contributed by atoms with Crippen LogP contribution in [0.2, 0.25) is 0 Å². The van der Waals surface area contributed by atoms with Gasteiger partial charge in [0.25, 0.3) is 11.8 Å². The molecule has 3 aromatic rings. The van der Waals surface area contributed by atoms with Gasteiger partial charge >= 0.3 is 0 Å². The van der Waals surface area contributed by atoms with E-state index in [4.69, 9.17) is 0 Å². The van der Waals surface area contributed by atoms with E-state index in [1.165, 1.54) is 0 Å². The number of amides is 2. The van der Waals surface area contributed by atoms with Crippen molar-refractivity contribution in [3.05, 3.63) is 77.5 Å². The lowest BCUT2D eigenvalue weighted by atomic mass is 9.83. The summed E-state index contributed by atoms with van der Waals surface area (Å²) >= 11 is 0.